The van der Waals surface area contributed by atoms with Crippen LogP contribution in [0.15, 0.2) is 29.4 Å². The third kappa shape index (κ3) is 7.18. The molecule has 11 nitrogen and oxygen atoms in total. The van der Waals surface area contributed by atoms with E-state index in [1.807, 2.05) is 9.80 Å². The van der Waals surface area contributed by atoms with Gasteiger partial charge in [0.25, 0.3) is 5.91 Å². The Morgan fingerprint density at radius 3 is 2.50 bits per heavy atom. The largest absolute Gasteiger partial charge is 0.493 e. The number of carbonyl (C=O) groups excluding carboxylic acids is 1. The highest BCUT2D eigenvalue weighted by Crippen LogP contribution is 2.42. The summed E-state index contributed by atoms with van der Waals surface area (Å²) in [7, 11) is 0.986. The van der Waals surface area contributed by atoms with Crippen LogP contribution in [0.4, 0.5) is 23.4 Å². The van der Waals surface area contributed by atoms with Crippen LogP contribution < -0.4 is 20.3 Å². The second-order valence-electron chi connectivity index (χ2n) is 10.8. The van der Waals surface area contributed by atoms with Crippen LogP contribution in [0.2, 0.25) is 0 Å². The zero-order valence-electron chi connectivity index (χ0n) is 24.2. The summed E-state index contributed by atoms with van der Waals surface area (Å²) < 4.78 is 61.0. The normalized spacial score (nSPS) is 21.5. The van der Waals surface area contributed by atoms with Gasteiger partial charge in [0.2, 0.25) is 0 Å². The predicted octanol–water partition coefficient (Wildman–Crippen LogP) is 3.05. The second kappa shape index (κ2) is 13.2. The molecule has 3 aliphatic heterocycles. The zero-order chi connectivity index (χ0) is 31.6. The molecule has 5 rings (SSSR count). The van der Waals surface area contributed by atoms with Gasteiger partial charge in [0, 0.05) is 49.2 Å². The van der Waals surface area contributed by atoms with Crippen LogP contribution in [0.25, 0.3) is 5.70 Å². The third-order valence-electron chi connectivity index (χ3n) is 7.88. The van der Waals surface area contributed by atoms with E-state index in [4.69, 9.17) is 9.84 Å². The number of aromatic nitrogens is 2. The van der Waals surface area contributed by atoms with Gasteiger partial charge in [0.05, 0.1) is 31.7 Å². The van der Waals surface area contributed by atoms with E-state index in [0.29, 0.717) is 49.1 Å². The number of hydrogen-bond acceptors (Lipinski definition) is 10. The fourth-order valence-corrected chi connectivity index (χ4v) is 6.72. The number of aliphatic carboxylic acids is 1. The van der Waals surface area contributed by atoms with Crippen molar-refractivity contribution in [2.45, 2.75) is 37.5 Å². The molecule has 4 heterocycles. The van der Waals surface area contributed by atoms with Gasteiger partial charge in [-0.05, 0) is 38.4 Å². The number of thioether (sulfide) groups is 1. The number of alkyl halides is 3. The summed E-state index contributed by atoms with van der Waals surface area (Å²) in [4.78, 5) is 39.3. The van der Waals surface area contributed by atoms with Crippen LogP contribution in [0.3, 0.4) is 0 Å². The fraction of sp³-hybridized carbons (Fsp3) is 0.500. The number of likely N-dealkylation sites (tertiary alicyclic amines) is 1. The Kier molecular flexibility index (Phi) is 9.51. The Bertz CT molecular complexity index is 1420. The van der Waals surface area contributed by atoms with Crippen LogP contribution in [-0.2, 0) is 11.0 Å². The van der Waals surface area contributed by atoms with Gasteiger partial charge >= 0.3 is 12.1 Å². The Hall–Kier alpha value is -3.63. The Morgan fingerprint density at radius 1 is 1.16 bits per heavy atom. The monoisotopic (exact) mass is 639 g/mol. The molecule has 2 aromatic rings. The van der Waals surface area contributed by atoms with Crippen molar-refractivity contribution in [2.24, 2.45) is 0 Å². The lowest BCUT2D eigenvalue weighted by atomic mass is 10.0. The van der Waals surface area contributed by atoms with E-state index in [1.54, 1.807) is 0 Å². The number of rotatable bonds is 9. The van der Waals surface area contributed by atoms with Crippen LogP contribution in [0.1, 0.15) is 41.4 Å². The van der Waals surface area contributed by atoms with E-state index in [9.17, 15) is 27.2 Å². The molecule has 2 fully saturated rings. The minimum absolute atomic E-state index is 0.00526. The van der Waals surface area contributed by atoms with Crippen LogP contribution in [0, 0.1) is 5.82 Å². The quantitative estimate of drug-likeness (QED) is 0.351. The molecule has 0 saturated carbocycles. The highest BCUT2D eigenvalue weighted by Gasteiger charge is 2.38. The molecular formula is C28H33F4N7O4S. The minimum atomic E-state index is -4.84. The molecule has 1 aromatic carbocycles. The average Bonchev–Trinajstić information content (AvgIpc) is 3.57. The van der Waals surface area contributed by atoms with Crippen molar-refractivity contribution >= 4 is 35.2 Å². The number of halogens is 4. The maximum absolute atomic E-state index is 14.8. The molecule has 3 N–H and O–H groups in total. The highest BCUT2D eigenvalue weighted by molar-refractivity contribution is 8.04. The van der Waals surface area contributed by atoms with Gasteiger partial charge in [-0.3, -0.25) is 19.4 Å². The Morgan fingerprint density at radius 2 is 1.91 bits per heavy atom. The van der Waals surface area contributed by atoms with Crippen molar-refractivity contribution in [1.29, 1.82) is 0 Å². The summed E-state index contributed by atoms with van der Waals surface area (Å²) in [5.74, 6) is -2.90. The number of nitrogens with zero attached hydrogens (tertiary/aromatic N) is 5. The van der Waals surface area contributed by atoms with Crippen molar-refractivity contribution in [3.63, 3.8) is 0 Å². The first-order valence-electron chi connectivity index (χ1n) is 14.1. The SMILES string of the molecule is COc1c(F)cc(C2=C(CN3CCCC3C)SC(NC(=O)c3cnc(N4CCN(CC(=O)O)CC4)cn3)N2)cc1C(F)(F)F. The van der Waals surface area contributed by atoms with Crippen molar-refractivity contribution in [1.82, 2.24) is 30.4 Å². The van der Waals surface area contributed by atoms with E-state index in [0.717, 1.165) is 38.6 Å². The third-order valence-corrected chi connectivity index (χ3v) is 8.97. The zero-order valence-corrected chi connectivity index (χ0v) is 25.0. The van der Waals surface area contributed by atoms with Crippen LogP contribution >= 0.6 is 11.8 Å². The van der Waals surface area contributed by atoms with E-state index < -0.39 is 40.7 Å². The lowest BCUT2D eigenvalue weighted by Crippen LogP contribution is -2.48. The number of methoxy groups -OCH3 is 1. The lowest BCUT2D eigenvalue weighted by Gasteiger charge is -2.34. The average molecular weight is 640 g/mol. The summed E-state index contributed by atoms with van der Waals surface area (Å²) in [5.41, 5.74) is -1.65. The van der Waals surface area contributed by atoms with Gasteiger partial charge in [-0.1, -0.05) is 11.8 Å². The van der Waals surface area contributed by atoms with E-state index in [2.05, 4.69) is 32.4 Å². The Labute approximate surface area is 255 Å². The smallest absolute Gasteiger partial charge is 0.420 e. The van der Waals surface area contributed by atoms with Gasteiger partial charge in [0.15, 0.2) is 17.1 Å². The second-order valence-corrected chi connectivity index (χ2v) is 12.0. The molecule has 238 valence electrons. The van der Waals surface area contributed by atoms with Gasteiger partial charge < -0.3 is 25.4 Å². The van der Waals surface area contributed by atoms with Crippen molar-refractivity contribution in [2.75, 3.05) is 57.8 Å². The number of amides is 1. The first kappa shape index (κ1) is 31.8. The maximum atomic E-state index is 14.8. The van der Waals surface area contributed by atoms with Crippen LogP contribution in [-0.4, -0.2) is 101 Å². The standard InChI is InChI=1S/C28H33F4N7O4S/c1-16-4-3-5-39(16)14-21-24(17-10-18(28(30,31)32)25(43-2)19(29)11-17)35-27(44-21)36-26(42)20-12-34-22(13-33-20)38-8-6-37(7-9-38)15-23(40)41/h10-13,16,27,35H,3-9,14-15H2,1-2H3,(H,36,42)(H,40,41). The van der Waals surface area contributed by atoms with Gasteiger partial charge in [0.1, 0.15) is 17.1 Å². The molecule has 1 aromatic heterocycles. The molecule has 2 saturated heterocycles. The topological polar surface area (TPSA) is 123 Å². The molecule has 0 radical (unpaired) electrons. The van der Waals surface area contributed by atoms with Crippen LogP contribution in [0.5, 0.6) is 5.75 Å². The Balaban J connectivity index is 1.30. The molecule has 0 aliphatic carbocycles. The summed E-state index contributed by atoms with van der Waals surface area (Å²) in [5, 5.41) is 14.9. The lowest BCUT2D eigenvalue weighted by molar-refractivity contribution is -0.139. The van der Waals surface area contributed by atoms with Crippen molar-refractivity contribution in [3.8, 4) is 5.75 Å². The predicted molar refractivity (Wildman–Crippen MR) is 155 cm³/mol. The molecular weight excluding hydrogens is 606 g/mol. The first-order valence-corrected chi connectivity index (χ1v) is 15.0. The summed E-state index contributed by atoms with van der Waals surface area (Å²) >= 11 is 1.24. The number of nitrogens with one attached hydrogen (secondary N) is 2. The molecule has 16 heteroatoms. The number of ether oxygens (including phenoxy) is 1. The molecule has 0 spiro atoms. The number of anilines is 1. The number of hydrogen-bond donors (Lipinski definition) is 3. The molecule has 2 unspecified atom stereocenters. The van der Waals surface area contributed by atoms with E-state index >= 15 is 0 Å². The van der Waals surface area contributed by atoms with Crippen molar-refractivity contribution < 1.29 is 37.0 Å². The number of benzene rings is 1. The number of carboxylic acid groups (broad SMARTS) is 1. The molecule has 0 bridgehead atoms. The summed E-state index contributed by atoms with van der Waals surface area (Å²) in [6.45, 7) is 5.51. The number of piperazine rings is 1. The van der Waals surface area contributed by atoms with E-state index in [-0.39, 0.29) is 23.8 Å². The number of carbonyl (C=O) groups is 2. The van der Waals surface area contributed by atoms with Gasteiger partial charge in [-0.2, -0.15) is 13.2 Å². The molecule has 2 atom stereocenters. The summed E-state index contributed by atoms with van der Waals surface area (Å²) in [6.07, 6.45) is -0.0567. The molecule has 44 heavy (non-hydrogen) atoms. The minimum Gasteiger partial charge on any atom is -0.493 e. The molecule has 1 amide bonds. The van der Waals surface area contributed by atoms with Gasteiger partial charge in [-0.25, -0.2) is 14.4 Å². The fourth-order valence-electron chi connectivity index (χ4n) is 5.56. The molecule has 3 aliphatic rings. The number of carboxylic acids is 1. The van der Waals surface area contributed by atoms with E-state index in [1.165, 1.54) is 24.2 Å². The first-order chi connectivity index (χ1) is 20.9. The summed E-state index contributed by atoms with van der Waals surface area (Å²) in [6, 6.07) is 2.12. The van der Waals surface area contributed by atoms with Crippen molar-refractivity contribution in [3.05, 3.63) is 52.1 Å². The van der Waals surface area contributed by atoms with Gasteiger partial charge in [-0.15, -0.1) is 0 Å². The maximum Gasteiger partial charge on any atom is 0.420 e. The highest BCUT2D eigenvalue weighted by atomic mass is 32.2.